The van der Waals surface area contributed by atoms with Crippen molar-refractivity contribution in [1.82, 2.24) is 14.7 Å². The molecule has 0 bridgehead atoms. The molecule has 3 rings (SSSR count). The minimum atomic E-state index is 0.495. The summed E-state index contributed by atoms with van der Waals surface area (Å²) in [7, 11) is 0. The zero-order valence-electron chi connectivity index (χ0n) is 9.29. The third-order valence-electron chi connectivity index (χ3n) is 3.30. The summed E-state index contributed by atoms with van der Waals surface area (Å²) in [5.74, 6) is 1.58. The molecule has 0 unspecified atom stereocenters. The maximum absolute atomic E-state index is 6.28. The maximum atomic E-state index is 6.28. The number of piperidine rings is 1. The van der Waals surface area contributed by atoms with Gasteiger partial charge in [0.25, 0.3) is 0 Å². The molecule has 0 aliphatic carbocycles. The zero-order chi connectivity index (χ0) is 11.8. The molecule has 0 atom stereocenters. The predicted molar refractivity (Wildman–Crippen MR) is 72.7 cm³/mol. The Hall–Kier alpha value is -0.580. The Bertz CT molecular complexity index is 546. The smallest absolute Gasteiger partial charge is 0.132 e. The van der Waals surface area contributed by atoms with Crippen molar-refractivity contribution >= 4 is 33.0 Å². The lowest BCUT2D eigenvalue weighted by molar-refractivity contribution is 0.444. The summed E-state index contributed by atoms with van der Waals surface area (Å²) in [6.07, 6.45) is 2.24. The molecule has 0 amide bonds. The number of imidazole rings is 1. The van der Waals surface area contributed by atoms with Crippen LogP contribution in [-0.2, 0) is 0 Å². The highest BCUT2D eigenvalue weighted by molar-refractivity contribution is 9.10. The van der Waals surface area contributed by atoms with Gasteiger partial charge < -0.3 is 5.32 Å². The molecule has 0 aromatic carbocycles. The second-order valence-corrected chi connectivity index (χ2v) is 5.49. The molecule has 1 N–H and O–H groups in total. The van der Waals surface area contributed by atoms with E-state index in [1.807, 2.05) is 18.2 Å². The van der Waals surface area contributed by atoms with E-state index in [1.54, 1.807) is 0 Å². The maximum Gasteiger partial charge on any atom is 0.132 e. The molecule has 3 nitrogen and oxygen atoms in total. The molecule has 2 aromatic rings. The quantitative estimate of drug-likeness (QED) is 0.819. The van der Waals surface area contributed by atoms with Crippen molar-refractivity contribution in [3.8, 4) is 0 Å². The van der Waals surface area contributed by atoms with Gasteiger partial charge in [-0.1, -0.05) is 17.7 Å². The van der Waals surface area contributed by atoms with Gasteiger partial charge in [0, 0.05) is 5.92 Å². The van der Waals surface area contributed by atoms with Crippen LogP contribution in [0.15, 0.2) is 22.8 Å². The summed E-state index contributed by atoms with van der Waals surface area (Å²) in [6.45, 7) is 2.11. The van der Waals surface area contributed by atoms with E-state index in [0.29, 0.717) is 5.92 Å². The van der Waals surface area contributed by atoms with Crippen molar-refractivity contribution in [2.75, 3.05) is 13.1 Å². The summed E-state index contributed by atoms with van der Waals surface area (Å²) in [6, 6.07) is 5.90. The fraction of sp³-hybridized carbons (Fsp3) is 0.417. The van der Waals surface area contributed by atoms with Crippen LogP contribution in [0.5, 0.6) is 0 Å². The molecule has 1 fully saturated rings. The highest BCUT2D eigenvalue weighted by Crippen LogP contribution is 2.31. The lowest BCUT2D eigenvalue weighted by Crippen LogP contribution is -2.27. The zero-order valence-corrected chi connectivity index (χ0v) is 11.6. The first-order valence-electron chi connectivity index (χ1n) is 5.80. The van der Waals surface area contributed by atoms with Crippen molar-refractivity contribution in [3.05, 3.63) is 33.8 Å². The molecule has 1 aliphatic heterocycles. The van der Waals surface area contributed by atoms with E-state index in [-0.39, 0.29) is 0 Å². The van der Waals surface area contributed by atoms with Crippen LogP contribution in [0.25, 0.3) is 5.52 Å². The van der Waals surface area contributed by atoms with Crippen molar-refractivity contribution in [2.24, 2.45) is 0 Å². The van der Waals surface area contributed by atoms with Gasteiger partial charge in [-0.25, -0.2) is 4.98 Å². The summed E-state index contributed by atoms with van der Waals surface area (Å²) >= 11 is 9.79. The first-order valence-corrected chi connectivity index (χ1v) is 6.97. The molecule has 17 heavy (non-hydrogen) atoms. The number of hydrogen-bond acceptors (Lipinski definition) is 2. The SMILES string of the molecule is Clc1cccc2c(Br)nc(C3CCNCC3)n12. The molecule has 1 aliphatic rings. The van der Waals surface area contributed by atoms with Crippen LogP contribution in [0.4, 0.5) is 0 Å². The Morgan fingerprint density at radius 3 is 2.88 bits per heavy atom. The Morgan fingerprint density at radius 2 is 2.12 bits per heavy atom. The standard InChI is InChI=1S/C12H13BrClN3/c13-11-9-2-1-3-10(14)17(9)12(16-11)8-4-6-15-7-5-8/h1-3,8,15H,4-7H2. The van der Waals surface area contributed by atoms with Crippen molar-refractivity contribution < 1.29 is 0 Å². The number of halogens is 2. The van der Waals surface area contributed by atoms with E-state index in [0.717, 1.165) is 47.0 Å². The highest BCUT2D eigenvalue weighted by Gasteiger charge is 2.22. The van der Waals surface area contributed by atoms with Crippen LogP contribution in [-0.4, -0.2) is 22.5 Å². The number of nitrogens with one attached hydrogen (secondary N) is 1. The second-order valence-electron chi connectivity index (χ2n) is 4.35. The summed E-state index contributed by atoms with van der Waals surface area (Å²) in [5.41, 5.74) is 1.05. The lowest BCUT2D eigenvalue weighted by Gasteiger charge is -2.21. The number of aromatic nitrogens is 2. The van der Waals surface area contributed by atoms with Crippen LogP contribution in [0.1, 0.15) is 24.6 Å². The highest BCUT2D eigenvalue weighted by atomic mass is 79.9. The van der Waals surface area contributed by atoms with Crippen molar-refractivity contribution in [1.29, 1.82) is 0 Å². The molecule has 0 saturated carbocycles. The van der Waals surface area contributed by atoms with Crippen LogP contribution in [0.3, 0.4) is 0 Å². The number of hydrogen-bond donors (Lipinski definition) is 1. The number of rotatable bonds is 1. The van der Waals surface area contributed by atoms with Gasteiger partial charge in [-0.3, -0.25) is 4.40 Å². The third-order valence-corrected chi connectivity index (χ3v) is 4.18. The lowest BCUT2D eigenvalue weighted by atomic mass is 9.97. The molecule has 0 spiro atoms. The van der Waals surface area contributed by atoms with E-state index < -0.39 is 0 Å². The summed E-state index contributed by atoms with van der Waals surface area (Å²) in [5, 5.41) is 4.10. The average molecular weight is 315 g/mol. The largest absolute Gasteiger partial charge is 0.317 e. The van der Waals surface area contributed by atoms with Crippen LogP contribution in [0.2, 0.25) is 5.15 Å². The van der Waals surface area contributed by atoms with Crippen molar-refractivity contribution in [3.63, 3.8) is 0 Å². The first kappa shape index (κ1) is 11.5. The van der Waals surface area contributed by atoms with Crippen LogP contribution in [0, 0.1) is 0 Å². The van der Waals surface area contributed by atoms with Crippen LogP contribution < -0.4 is 5.32 Å². The molecular formula is C12H13BrClN3. The molecule has 5 heteroatoms. The first-order chi connectivity index (χ1) is 8.27. The van der Waals surface area contributed by atoms with Gasteiger partial charge in [0.15, 0.2) is 0 Å². The van der Waals surface area contributed by atoms with E-state index >= 15 is 0 Å². The molecule has 90 valence electrons. The van der Waals surface area contributed by atoms with E-state index in [1.165, 1.54) is 0 Å². The number of pyridine rings is 1. The van der Waals surface area contributed by atoms with E-state index in [9.17, 15) is 0 Å². The van der Waals surface area contributed by atoms with Gasteiger partial charge in [0.2, 0.25) is 0 Å². The van der Waals surface area contributed by atoms with Crippen LogP contribution >= 0.6 is 27.5 Å². The Morgan fingerprint density at radius 1 is 1.35 bits per heavy atom. The molecule has 0 radical (unpaired) electrons. The summed E-state index contributed by atoms with van der Waals surface area (Å²) in [4.78, 5) is 4.64. The third kappa shape index (κ3) is 1.98. The Kier molecular flexibility index (Phi) is 3.11. The topological polar surface area (TPSA) is 29.3 Å². The predicted octanol–water partition coefficient (Wildman–Crippen LogP) is 3.22. The Labute approximate surface area is 113 Å². The molecule has 1 saturated heterocycles. The normalized spacial score (nSPS) is 17.8. The molecule has 2 aromatic heterocycles. The van der Waals surface area contributed by atoms with E-state index in [2.05, 4.69) is 30.6 Å². The van der Waals surface area contributed by atoms with Gasteiger partial charge in [-0.05, 0) is 54.0 Å². The van der Waals surface area contributed by atoms with Gasteiger partial charge in [-0.2, -0.15) is 0 Å². The average Bonchev–Trinajstić information content (AvgIpc) is 2.70. The number of fused-ring (bicyclic) bond motifs is 1. The van der Waals surface area contributed by atoms with Gasteiger partial charge in [0.05, 0.1) is 5.52 Å². The monoisotopic (exact) mass is 313 g/mol. The summed E-state index contributed by atoms with van der Waals surface area (Å²) < 4.78 is 2.94. The molecule has 3 heterocycles. The fourth-order valence-electron chi connectivity index (χ4n) is 2.44. The Balaban J connectivity index is 2.15. The number of nitrogens with zero attached hydrogens (tertiary/aromatic N) is 2. The van der Waals surface area contributed by atoms with Crippen molar-refractivity contribution in [2.45, 2.75) is 18.8 Å². The minimum Gasteiger partial charge on any atom is -0.317 e. The second kappa shape index (κ2) is 4.59. The van der Waals surface area contributed by atoms with Gasteiger partial charge >= 0.3 is 0 Å². The van der Waals surface area contributed by atoms with Gasteiger partial charge in [-0.15, -0.1) is 0 Å². The fourth-order valence-corrected chi connectivity index (χ4v) is 3.18. The van der Waals surface area contributed by atoms with Gasteiger partial charge in [0.1, 0.15) is 15.6 Å². The van der Waals surface area contributed by atoms with E-state index in [4.69, 9.17) is 11.6 Å². The minimum absolute atomic E-state index is 0.495. The molecular weight excluding hydrogens is 302 g/mol.